The Hall–Kier alpha value is -2.38. The van der Waals surface area contributed by atoms with Crippen molar-refractivity contribution in [3.8, 4) is 5.75 Å². The van der Waals surface area contributed by atoms with Gasteiger partial charge in [-0.1, -0.05) is 32.0 Å². The Balaban J connectivity index is 2.46. The van der Waals surface area contributed by atoms with Crippen molar-refractivity contribution in [1.29, 1.82) is 0 Å². The normalized spacial score (nSPS) is 11.5. The second kappa shape index (κ2) is 9.89. The summed E-state index contributed by atoms with van der Waals surface area (Å²) in [6.45, 7) is 9.64. The van der Waals surface area contributed by atoms with Crippen molar-refractivity contribution in [2.75, 3.05) is 11.9 Å². The Morgan fingerprint density at radius 2 is 1.66 bits per heavy atom. The molecule has 0 atom stereocenters. The molecular formula is C22H30N2O4S. The third-order valence-electron chi connectivity index (χ3n) is 4.42. The molecule has 158 valence electrons. The van der Waals surface area contributed by atoms with E-state index in [9.17, 15) is 13.2 Å². The zero-order valence-corrected chi connectivity index (χ0v) is 18.5. The molecule has 0 heterocycles. The number of benzene rings is 2. The van der Waals surface area contributed by atoms with E-state index >= 15 is 0 Å². The van der Waals surface area contributed by atoms with Crippen LogP contribution >= 0.6 is 0 Å². The van der Waals surface area contributed by atoms with Crippen LogP contribution < -0.4 is 14.8 Å². The summed E-state index contributed by atoms with van der Waals surface area (Å²) >= 11 is 0. The van der Waals surface area contributed by atoms with Crippen molar-refractivity contribution in [3.63, 3.8) is 0 Å². The molecule has 7 heteroatoms. The molecule has 0 saturated heterocycles. The zero-order valence-electron chi connectivity index (χ0n) is 17.7. The number of aryl methyl sites for hydroxylation is 2. The van der Waals surface area contributed by atoms with Gasteiger partial charge in [-0.2, -0.15) is 0 Å². The Bertz CT molecular complexity index is 947. The molecule has 2 rings (SSSR count). The van der Waals surface area contributed by atoms with Gasteiger partial charge in [0.05, 0.1) is 6.61 Å². The summed E-state index contributed by atoms with van der Waals surface area (Å²) in [5.74, 6) is -0.134. The molecule has 2 aromatic rings. The van der Waals surface area contributed by atoms with Crippen LogP contribution in [0.5, 0.6) is 5.75 Å². The smallest absolute Gasteiger partial charge is 0.255 e. The minimum absolute atomic E-state index is 0.0415. The Kier molecular flexibility index (Phi) is 7.81. The SMILES string of the molecule is CCOc1ccc(C(=O)Nc2c(CC)cccc2CC)cc1S(=O)(=O)NC(C)C. The molecule has 0 aliphatic heterocycles. The molecule has 0 radical (unpaired) electrons. The van der Waals surface area contributed by atoms with E-state index in [-0.39, 0.29) is 28.2 Å². The topological polar surface area (TPSA) is 84.5 Å². The van der Waals surface area contributed by atoms with E-state index in [1.165, 1.54) is 12.1 Å². The molecule has 6 nitrogen and oxygen atoms in total. The average Bonchev–Trinajstić information content (AvgIpc) is 2.67. The molecule has 2 aromatic carbocycles. The quantitative estimate of drug-likeness (QED) is 0.641. The van der Waals surface area contributed by atoms with Crippen LogP contribution in [0, 0.1) is 0 Å². The third kappa shape index (κ3) is 5.58. The van der Waals surface area contributed by atoms with Gasteiger partial charge in [0.1, 0.15) is 10.6 Å². The third-order valence-corrected chi connectivity index (χ3v) is 6.10. The molecular weight excluding hydrogens is 388 g/mol. The maximum absolute atomic E-state index is 13.0. The standard InChI is InChI=1S/C22H30N2O4S/c1-6-16-10-9-11-17(7-2)21(16)23-22(25)18-12-13-19(28-8-3)20(14-18)29(26,27)24-15(4)5/h9-15,24H,6-8H2,1-5H3,(H,23,25). The molecule has 0 spiro atoms. The second-order valence-corrected chi connectivity index (χ2v) is 8.67. The van der Waals surface area contributed by atoms with Crippen molar-refractivity contribution in [1.82, 2.24) is 4.72 Å². The number of amides is 1. The minimum atomic E-state index is -3.82. The predicted molar refractivity (Wildman–Crippen MR) is 116 cm³/mol. The van der Waals surface area contributed by atoms with Crippen LogP contribution in [0.4, 0.5) is 5.69 Å². The van der Waals surface area contributed by atoms with Crippen molar-refractivity contribution < 1.29 is 17.9 Å². The first-order valence-corrected chi connectivity index (χ1v) is 11.4. The number of ether oxygens (including phenoxy) is 1. The number of nitrogens with one attached hydrogen (secondary N) is 2. The van der Waals surface area contributed by atoms with E-state index in [1.807, 2.05) is 32.0 Å². The number of hydrogen-bond donors (Lipinski definition) is 2. The largest absolute Gasteiger partial charge is 0.492 e. The Morgan fingerprint density at radius 3 is 2.17 bits per heavy atom. The number of carbonyl (C=O) groups excluding carboxylic acids is 1. The van der Waals surface area contributed by atoms with E-state index in [0.717, 1.165) is 29.7 Å². The Morgan fingerprint density at radius 1 is 1.03 bits per heavy atom. The zero-order chi connectivity index (χ0) is 21.6. The molecule has 0 saturated carbocycles. The number of hydrogen-bond acceptors (Lipinski definition) is 4. The van der Waals surface area contributed by atoms with E-state index in [0.29, 0.717) is 6.61 Å². The molecule has 0 bridgehead atoms. The van der Waals surface area contributed by atoms with Gasteiger partial charge < -0.3 is 10.1 Å². The summed E-state index contributed by atoms with van der Waals surface area (Å²) in [5, 5.41) is 2.97. The van der Waals surface area contributed by atoms with Crippen LogP contribution in [-0.4, -0.2) is 27.0 Å². The first kappa shape index (κ1) is 22.9. The summed E-state index contributed by atoms with van der Waals surface area (Å²) in [6.07, 6.45) is 1.56. The summed E-state index contributed by atoms with van der Waals surface area (Å²) in [5.41, 5.74) is 3.13. The van der Waals surface area contributed by atoms with Gasteiger partial charge in [0.25, 0.3) is 5.91 Å². The molecule has 0 aliphatic rings. The fourth-order valence-corrected chi connectivity index (χ4v) is 4.52. The molecule has 0 aromatic heterocycles. The molecule has 0 unspecified atom stereocenters. The van der Waals surface area contributed by atoms with E-state index in [4.69, 9.17) is 4.74 Å². The van der Waals surface area contributed by atoms with Crippen LogP contribution in [0.2, 0.25) is 0 Å². The summed E-state index contributed by atoms with van der Waals surface area (Å²) in [7, 11) is -3.82. The maximum atomic E-state index is 13.0. The van der Waals surface area contributed by atoms with E-state index in [2.05, 4.69) is 10.0 Å². The average molecular weight is 419 g/mol. The van der Waals surface area contributed by atoms with Crippen LogP contribution in [0.1, 0.15) is 56.1 Å². The van der Waals surface area contributed by atoms with Crippen LogP contribution in [0.25, 0.3) is 0 Å². The highest BCUT2D eigenvalue weighted by molar-refractivity contribution is 7.89. The first-order chi connectivity index (χ1) is 13.7. The predicted octanol–water partition coefficient (Wildman–Crippen LogP) is 4.15. The van der Waals surface area contributed by atoms with Crippen molar-refractivity contribution in [2.24, 2.45) is 0 Å². The Labute approximate surface area is 173 Å². The van der Waals surface area contributed by atoms with Gasteiger partial charge in [0.2, 0.25) is 10.0 Å². The first-order valence-electron chi connectivity index (χ1n) is 9.94. The van der Waals surface area contributed by atoms with E-state index in [1.54, 1.807) is 26.8 Å². The fourth-order valence-electron chi connectivity index (χ4n) is 3.10. The molecule has 29 heavy (non-hydrogen) atoms. The fraction of sp³-hybridized carbons (Fsp3) is 0.409. The monoisotopic (exact) mass is 418 g/mol. The highest BCUT2D eigenvalue weighted by atomic mass is 32.2. The lowest BCUT2D eigenvalue weighted by Crippen LogP contribution is -2.30. The number of para-hydroxylation sites is 1. The van der Waals surface area contributed by atoms with Gasteiger partial charge in [0.15, 0.2) is 0 Å². The number of sulfonamides is 1. The van der Waals surface area contributed by atoms with Crippen molar-refractivity contribution in [3.05, 3.63) is 53.1 Å². The number of rotatable bonds is 9. The number of anilines is 1. The highest BCUT2D eigenvalue weighted by Crippen LogP contribution is 2.27. The van der Waals surface area contributed by atoms with E-state index < -0.39 is 10.0 Å². The van der Waals surface area contributed by atoms with Gasteiger partial charge in [-0.05, 0) is 62.9 Å². The highest BCUT2D eigenvalue weighted by Gasteiger charge is 2.23. The summed E-state index contributed by atoms with van der Waals surface area (Å²) < 4.78 is 33.5. The van der Waals surface area contributed by atoms with Crippen LogP contribution in [-0.2, 0) is 22.9 Å². The molecule has 1 amide bonds. The second-order valence-electron chi connectivity index (χ2n) is 6.98. The van der Waals surface area contributed by atoms with Crippen LogP contribution in [0.15, 0.2) is 41.3 Å². The molecule has 0 fully saturated rings. The maximum Gasteiger partial charge on any atom is 0.255 e. The van der Waals surface area contributed by atoms with Gasteiger partial charge in [0, 0.05) is 17.3 Å². The lowest BCUT2D eigenvalue weighted by atomic mass is 10.0. The molecule has 2 N–H and O–H groups in total. The lowest BCUT2D eigenvalue weighted by Gasteiger charge is -2.17. The van der Waals surface area contributed by atoms with Crippen molar-refractivity contribution >= 4 is 21.6 Å². The van der Waals surface area contributed by atoms with Gasteiger partial charge >= 0.3 is 0 Å². The molecule has 0 aliphatic carbocycles. The lowest BCUT2D eigenvalue weighted by molar-refractivity contribution is 0.102. The summed E-state index contributed by atoms with van der Waals surface area (Å²) in [4.78, 5) is 12.9. The minimum Gasteiger partial charge on any atom is -0.492 e. The van der Waals surface area contributed by atoms with Crippen molar-refractivity contribution in [2.45, 2.75) is 58.4 Å². The number of carbonyl (C=O) groups is 1. The van der Waals surface area contributed by atoms with Gasteiger partial charge in [-0.3, -0.25) is 4.79 Å². The summed E-state index contributed by atoms with van der Waals surface area (Å²) in [6, 6.07) is 10.1. The van der Waals surface area contributed by atoms with Gasteiger partial charge in [-0.25, -0.2) is 13.1 Å². The van der Waals surface area contributed by atoms with Crippen LogP contribution in [0.3, 0.4) is 0 Å². The van der Waals surface area contributed by atoms with Gasteiger partial charge in [-0.15, -0.1) is 0 Å².